The number of benzene rings is 2. The molecule has 1 saturated heterocycles. The van der Waals surface area contributed by atoms with Crippen LogP contribution in [0.4, 0.5) is 0 Å². The van der Waals surface area contributed by atoms with Gasteiger partial charge in [0.15, 0.2) is 0 Å². The molecule has 1 atom stereocenters. The molecule has 38 heavy (non-hydrogen) atoms. The monoisotopic (exact) mass is 512 g/mol. The van der Waals surface area contributed by atoms with Crippen molar-refractivity contribution in [3.8, 4) is 5.75 Å². The third-order valence-corrected chi connectivity index (χ3v) is 6.91. The lowest BCUT2D eigenvalue weighted by Crippen LogP contribution is -2.29. The standard InChI is InChI=1S/C32H36N2O4/c1-6-7-17-38-26-15-12-24(18-21(26)2)29(35)27-28(23-10-13-25(14-11-23)32(3,4)5)34(31(37)30(27)36)20-22-9-8-16-33-19-22/h8-16,18-19,28,35H,6-7,17,20H2,1-5H3/b29-27+/t28-/m1/s1. The second-order valence-electron chi connectivity index (χ2n) is 10.8. The Bertz CT molecular complexity index is 1340. The molecule has 3 aromatic rings. The van der Waals surface area contributed by atoms with Gasteiger partial charge in [0.1, 0.15) is 11.5 Å². The lowest BCUT2D eigenvalue weighted by molar-refractivity contribution is -0.140. The molecule has 1 aliphatic heterocycles. The predicted octanol–water partition coefficient (Wildman–Crippen LogP) is 6.49. The first kappa shape index (κ1) is 27.1. The number of carbonyl (C=O) groups is 2. The predicted molar refractivity (Wildman–Crippen MR) is 149 cm³/mol. The number of carbonyl (C=O) groups excluding carboxylic acids is 2. The maximum atomic E-state index is 13.4. The number of aryl methyl sites for hydroxylation is 1. The molecular formula is C32H36N2O4. The summed E-state index contributed by atoms with van der Waals surface area (Å²) in [4.78, 5) is 32.4. The highest BCUT2D eigenvalue weighted by molar-refractivity contribution is 6.46. The summed E-state index contributed by atoms with van der Waals surface area (Å²) in [5.41, 5.74) is 4.06. The number of rotatable bonds is 8. The summed E-state index contributed by atoms with van der Waals surface area (Å²) in [5, 5.41) is 11.5. The Morgan fingerprint density at radius 1 is 1.08 bits per heavy atom. The van der Waals surface area contributed by atoms with Crippen LogP contribution < -0.4 is 4.74 Å². The highest BCUT2D eigenvalue weighted by Gasteiger charge is 2.46. The fourth-order valence-electron chi connectivity index (χ4n) is 4.68. The fourth-order valence-corrected chi connectivity index (χ4v) is 4.68. The van der Waals surface area contributed by atoms with Crippen LogP contribution in [0, 0.1) is 6.92 Å². The van der Waals surface area contributed by atoms with E-state index in [-0.39, 0.29) is 23.3 Å². The van der Waals surface area contributed by atoms with Gasteiger partial charge in [0.25, 0.3) is 11.7 Å². The van der Waals surface area contributed by atoms with Crippen LogP contribution in [0.3, 0.4) is 0 Å². The maximum absolute atomic E-state index is 13.4. The fraction of sp³-hybridized carbons (Fsp3) is 0.344. The molecule has 0 aliphatic carbocycles. The zero-order valence-electron chi connectivity index (χ0n) is 22.8. The van der Waals surface area contributed by atoms with E-state index in [2.05, 4.69) is 32.7 Å². The number of hydrogen-bond donors (Lipinski definition) is 1. The number of aromatic nitrogens is 1. The normalized spacial score (nSPS) is 17.2. The number of nitrogens with zero attached hydrogens (tertiary/aromatic N) is 2. The maximum Gasteiger partial charge on any atom is 0.295 e. The van der Waals surface area contributed by atoms with E-state index in [9.17, 15) is 14.7 Å². The second-order valence-corrected chi connectivity index (χ2v) is 10.8. The third-order valence-electron chi connectivity index (χ3n) is 6.91. The number of pyridine rings is 1. The molecule has 0 bridgehead atoms. The van der Waals surface area contributed by atoms with Crippen LogP contribution in [-0.2, 0) is 21.5 Å². The van der Waals surface area contributed by atoms with Gasteiger partial charge in [-0.3, -0.25) is 14.6 Å². The first-order valence-electron chi connectivity index (χ1n) is 13.1. The van der Waals surface area contributed by atoms with Crippen LogP contribution in [0.5, 0.6) is 5.75 Å². The number of hydrogen-bond acceptors (Lipinski definition) is 5. The van der Waals surface area contributed by atoms with Crippen molar-refractivity contribution >= 4 is 17.4 Å². The van der Waals surface area contributed by atoms with Crippen LogP contribution >= 0.6 is 0 Å². The number of ketones is 1. The molecule has 0 unspecified atom stereocenters. The number of likely N-dealkylation sites (tertiary alicyclic amines) is 1. The average molecular weight is 513 g/mol. The van der Waals surface area contributed by atoms with E-state index in [0.29, 0.717) is 12.2 Å². The van der Waals surface area contributed by atoms with Gasteiger partial charge in [-0.25, -0.2) is 0 Å². The minimum Gasteiger partial charge on any atom is -0.507 e. The van der Waals surface area contributed by atoms with Gasteiger partial charge in [-0.1, -0.05) is 64.4 Å². The number of unbranched alkanes of at least 4 members (excludes halogenated alkanes) is 1. The SMILES string of the molecule is CCCCOc1ccc(/C(O)=C2\C(=O)C(=O)N(Cc3cccnc3)[C@@H]2c2ccc(C(C)(C)C)cc2)cc1C. The van der Waals surface area contributed by atoms with Gasteiger partial charge in [0, 0.05) is 24.5 Å². The highest BCUT2D eigenvalue weighted by Crippen LogP contribution is 2.41. The van der Waals surface area contributed by atoms with Crippen molar-refractivity contribution in [2.45, 2.75) is 65.5 Å². The Labute approximate surface area is 225 Å². The number of ether oxygens (including phenoxy) is 1. The van der Waals surface area contributed by atoms with Crippen molar-refractivity contribution in [2.24, 2.45) is 0 Å². The van der Waals surface area contributed by atoms with E-state index >= 15 is 0 Å². The van der Waals surface area contributed by atoms with Crippen molar-refractivity contribution in [1.82, 2.24) is 9.88 Å². The van der Waals surface area contributed by atoms with Gasteiger partial charge in [-0.2, -0.15) is 0 Å². The van der Waals surface area contributed by atoms with Crippen molar-refractivity contribution < 1.29 is 19.4 Å². The quantitative estimate of drug-likeness (QED) is 0.162. The highest BCUT2D eigenvalue weighted by atomic mass is 16.5. The summed E-state index contributed by atoms with van der Waals surface area (Å²) >= 11 is 0. The Morgan fingerprint density at radius 2 is 1.82 bits per heavy atom. The van der Waals surface area contributed by atoms with E-state index in [4.69, 9.17) is 4.74 Å². The van der Waals surface area contributed by atoms with Crippen molar-refractivity contribution in [1.29, 1.82) is 0 Å². The van der Waals surface area contributed by atoms with E-state index in [1.54, 1.807) is 36.7 Å². The molecule has 1 aliphatic rings. The minimum absolute atomic E-state index is 0.0471. The molecular weight excluding hydrogens is 476 g/mol. The lowest BCUT2D eigenvalue weighted by Gasteiger charge is -2.26. The lowest BCUT2D eigenvalue weighted by atomic mass is 9.85. The van der Waals surface area contributed by atoms with E-state index in [0.717, 1.165) is 40.8 Å². The van der Waals surface area contributed by atoms with Gasteiger partial charge < -0.3 is 14.7 Å². The molecule has 1 N–H and O–H groups in total. The molecule has 6 heteroatoms. The van der Waals surface area contributed by atoms with Crippen molar-refractivity contribution in [3.05, 3.63) is 100 Å². The zero-order valence-corrected chi connectivity index (χ0v) is 22.8. The topological polar surface area (TPSA) is 79.7 Å². The first-order chi connectivity index (χ1) is 18.1. The van der Waals surface area contributed by atoms with E-state index in [1.807, 2.05) is 37.3 Å². The van der Waals surface area contributed by atoms with Gasteiger partial charge >= 0.3 is 0 Å². The molecule has 1 amide bonds. The number of aliphatic hydroxyl groups excluding tert-OH is 1. The molecule has 198 valence electrons. The molecule has 2 aromatic carbocycles. The Morgan fingerprint density at radius 3 is 2.42 bits per heavy atom. The summed E-state index contributed by atoms with van der Waals surface area (Å²) < 4.78 is 5.86. The second kappa shape index (κ2) is 11.2. The molecule has 4 rings (SSSR count). The van der Waals surface area contributed by atoms with Crippen molar-refractivity contribution in [2.75, 3.05) is 6.61 Å². The summed E-state index contributed by atoms with van der Waals surface area (Å²) in [7, 11) is 0. The zero-order chi connectivity index (χ0) is 27.4. The van der Waals surface area contributed by atoms with Gasteiger partial charge in [-0.05, 0) is 65.3 Å². The molecule has 2 heterocycles. The van der Waals surface area contributed by atoms with Crippen LogP contribution in [0.25, 0.3) is 5.76 Å². The van der Waals surface area contributed by atoms with Crippen LogP contribution in [0.15, 0.2) is 72.6 Å². The number of aliphatic hydroxyl groups is 1. The van der Waals surface area contributed by atoms with Crippen LogP contribution in [-0.4, -0.2) is 33.3 Å². The van der Waals surface area contributed by atoms with Gasteiger partial charge in [0.05, 0.1) is 18.2 Å². The van der Waals surface area contributed by atoms with Crippen molar-refractivity contribution in [3.63, 3.8) is 0 Å². The third kappa shape index (κ3) is 5.64. The smallest absolute Gasteiger partial charge is 0.295 e. The molecule has 6 nitrogen and oxygen atoms in total. The Kier molecular flexibility index (Phi) is 8.00. The number of Topliss-reactive ketones (excluding diaryl/α,β-unsaturated/α-hetero) is 1. The van der Waals surface area contributed by atoms with Gasteiger partial charge in [0.2, 0.25) is 0 Å². The summed E-state index contributed by atoms with van der Waals surface area (Å²) in [5.74, 6) is -0.791. The average Bonchev–Trinajstić information content (AvgIpc) is 3.14. The molecule has 1 aromatic heterocycles. The summed E-state index contributed by atoms with van der Waals surface area (Å²) in [6, 6.07) is 16.2. The van der Waals surface area contributed by atoms with E-state index in [1.165, 1.54) is 4.90 Å². The molecule has 0 saturated carbocycles. The minimum atomic E-state index is -0.731. The summed E-state index contributed by atoms with van der Waals surface area (Å²) in [6.07, 6.45) is 5.33. The Balaban J connectivity index is 1.79. The Hall–Kier alpha value is -3.93. The largest absolute Gasteiger partial charge is 0.507 e. The van der Waals surface area contributed by atoms with Gasteiger partial charge in [-0.15, -0.1) is 0 Å². The summed E-state index contributed by atoms with van der Waals surface area (Å²) in [6.45, 7) is 11.2. The molecule has 1 fully saturated rings. The number of amides is 1. The van der Waals surface area contributed by atoms with E-state index < -0.39 is 17.7 Å². The van der Waals surface area contributed by atoms with Crippen LogP contribution in [0.2, 0.25) is 0 Å². The first-order valence-corrected chi connectivity index (χ1v) is 13.1. The molecule has 0 radical (unpaired) electrons. The van der Waals surface area contributed by atoms with Crippen LogP contribution in [0.1, 0.15) is 74.4 Å². The molecule has 0 spiro atoms.